The minimum atomic E-state index is -0.528. The lowest BCUT2D eigenvalue weighted by Gasteiger charge is -2.37. The van der Waals surface area contributed by atoms with E-state index in [-0.39, 0.29) is 49.6 Å². The molecule has 0 spiro atoms. The molecule has 0 atom stereocenters. The van der Waals surface area contributed by atoms with Gasteiger partial charge in [0.1, 0.15) is 11.3 Å². The van der Waals surface area contributed by atoms with Crippen LogP contribution in [0.4, 0.5) is 4.79 Å². The van der Waals surface area contributed by atoms with E-state index in [1.165, 1.54) is 0 Å². The van der Waals surface area contributed by atoms with Gasteiger partial charge in [-0.05, 0) is 40.0 Å². The zero-order chi connectivity index (χ0) is 26.3. The minimum Gasteiger partial charge on any atom is -0.444 e. The molecule has 3 rings (SSSR count). The molecule has 202 valence electrons. The van der Waals surface area contributed by atoms with Gasteiger partial charge in [0.2, 0.25) is 5.91 Å². The van der Waals surface area contributed by atoms with E-state index in [1.54, 1.807) is 16.0 Å². The van der Waals surface area contributed by atoms with Crippen molar-refractivity contribution in [2.75, 3.05) is 39.7 Å². The number of fused-ring (bicyclic) bond motifs is 1. The van der Waals surface area contributed by atoms with Gasteiger partial charge in [-0.25, -0.2) is 4.79 Å². The molecule has 3 amide bonds. The number of esters is 1. The first kappa shape index (κ1) is 27.6. The van der Waals surface area contributed by atoms with Crippen LogP contribution in [0.25, 0.3) is 0 Å². The average Bonchev–Trinajstić information content (AvgIpc) is 3.35. The second kappa shape index (κ2) is 12.3. The maximum Gasteiger partial charge on any atom is 0.410 e. The molecule has 0 unspecified atom stereocenters. The smallest absolute Gasteiger partial charge is 0.410 e. The summed E-state index contributed by atoms with van der Waals surface area (Å²) >= 11 is 0. The quantitative estimate of drug-likeness (QED) is 0.354. The summed E-state index contributed by atoms with van der Waals surface area (Å²) in [5.41, 5.74) is 0.0695. The Morgan fingerprint density at radius 1 is 1.08 bits per heavy atom. The number of carbonyl (C=O) groups is 4. The number of carbonyl (C=O) groups excluding carboxylic acids is 4. The highest BCUT2D eigenvalue weighted by Gasteiger charge is 2.42. The number of piperidine rings is 1. The lowest BCUT2D eigenvalue weighted by Crippen LogP contribution is -2.49. The summed E-state index contributed by atoms with van der Waals surface area (Å²) < 4.78 is 10.8. The first-order valence-electron chi connectivity index (χ1n) is 13.0. The van der Waals surface area contributed by atoms with Crippen LogP contribution in [-0.2, 0) is 23.9 Å². The molecule has 0 saturated carbocycles. The van der Waals surface area contributed by atoms with Gasteiger partial charge in [-0.1, -0.05) is 19.8 Å². The number of hydrogen-bond donors (Lipinski definition) is 1. The van der Waals surface area contributed by atoms with Gasteiger partial charge >= 0.3 is 12.1 Å². The van der Waals surface area contributed by atoms with Gasteiger partial charge < -0.3 is 34.4 Å². The predicted octanol–water partition coefficient (Wildman–Crippen LogP) is 2.19. The summed E-state index contributed by atoms with van der Waals surface area (Å²) in [7, 11) is 0. The normalized spacial score (nSPS) is 18.3. The van der Waals surface area contributed by atoms with E-state index in [0.29, 0.717) is 51.4 Å². The molecule has 0 radical (unpaired) electrons. The average molecular weight is 508 g/mol. The zero-order valence-electron chi connectivity index (χ0n) is 22.1. The van der Waals surface area contributed by atoms with Crippen molar-refractivity contribution >= 4 is 23.9 Å². The molecule has 3 aliphatic rings. The number of nitrogens with one attached hydrogen (secondary N) is 1. The summed E-state index contributed by atoms with van der Waals surface area (Å²) in [5.74, 6) is -0.468. The van der Waals surface area contributed by atoms with E-state index < -0.39 is 5.60 Å². The fourth-order valence-electron chi connectivity index (χ4n) is 4.50. The minimum absolute atomic E-state index is 0.0367. The van der Waals surface area contributed by atoms with Crippen LogP contribution in [0, 0.1) is 0 Å². The molecule has 0 aromatic carbocycles. The van der Waals surface area contributed by atoms with Crippen molar-refractivity contribution in [2.45, 2.75) is 84.3 Å². The number of likely N-dealkylation sites (tertiary alicyclic amines) is 1. The Morgan fingerprint density at radius 2 is 1.81 bits per heavy atom. The summed E-state index contributed by atoms with van der Waals surface area (Å²) in [5, 5.41) is 2.74. The predicted molar refractivity (Wildman–Crippen MR) is 132 cm³/mol. The van der Waals surface area contributed by atoms with E-state index in [0.717, 1.165) is 19.3 Å². The van der Waals surface area contributed by atoms with Crippen molar-refractivity contribution < 1.29 is 28.7 Å². The van der Waals surface area contributed by atoms with Crippen molar-refractivity contribution in [3.63, 3.8) is 0 Å². The molecular weight excluding hydrogens is 466 g/mol. The van der Waals surface area contributed by atoms with Gasteiger partial charge in [-0.3, -0.25) is 14.4 Å². The highest BCUT2D eigenvalue weighted by Crippen LogP contribution is 2.29. The van der Waals surface area contributed by atoms with Crippen molar-refractivity contribution in [3.8, 4) is 0 Å². The maximum atomic E-state index is 13.0. The van der Waals surface area contributed by atoms with Crippen molar-refractivity contribution in [1.29, 1.82) is 0 Å². The van der Waals surface area contributed by atoms with Crippen LogP contribution in [0.3, 0.4) is 0 Å². The Labute approximate surface area is 213 Å². The van der Waals surface area contributed by atoms with Gasteiger partial charge in [0.15, 0.2) is 6.73 Å². The van der Waals surface area contributed by atoms with E-state index in [4.69, 9.17) is 9.47 Å². The van der Waals surface area contributed by atoms with Crippen molar-refractivity contribution in [1.82, 2.24) is 24.9 Å². The van der Waals surface area contributed by atoms with Crippen LogP contribution in [0.2, 0.25) is 0 Å². The van der Waals surface area contributed by atoms with Crippen LogP contribution in [-0.4, -0.2) is 94.8 Å². The molecule has 3 aliphatic heterocycles. The van der Waals surface area contributed by atoms with Crippen LogP contribution in [0.5, 0.6) is 0 Å². The van der Waals surface area contributed by atoms with Crippen molar-refractivity contribution in [2.24, 2.45) is 0 Å². The third-order valence-electron chi connectivity index (χ3n) is 6.41. The number of unbranched alkanes of at least 4 members (excludes halogenated alkanes) is 2. The van der Waals surface area contributed by atoms with Gasteiger partial charge in [0.25, 0.3) is 5.91 Å². The standard InChI is InChI=1S/C25H41N5O6/c1-5-6-7-8-21(31)26-12-9-22(32)35-18-27-15-20-23(33)30(17-29(20)16-27)19-10-13-28(14-11-19)24(34)36-25(2,3)4/h15,19H,5-14,16-18H2,1-4H3,(H,26,31). The van der Waals surface area contributed by atoms with Crippen LogP contribution in [0.15, 0.2) is 11.9 Å². The Balaban J connectivity index is 1.36. The Hall–Kier alpha value is -2.98. The fourth-order valence-corrected chi connectivity index (χ4v) is 4.50. The summed E-state index contributed by atoms with van der Waals surface area (Å²) in [6, 6.07) is 0.0751. The molecule has 1 N–H and O–H groups in total. The van der Waals surface area contributed by atoms with E-state index in [9.17, 15) is 19.2 Å². The molecule has 2 saturated heterocycles. The lowest BCUT2D eigenvalue weighted by atomic mass is 10.0. The number of nitrogens with zero attached hydrogens (tertiary/aromatic N) is 4. The first-order valence-corrected chi connectivity index (χ1v) is 13.0. The molecule has 2 fully saturated rings. The molecule has 0 aromatic rings. The van der Waals surface area contributed by atoms with E-state index in [2.05, 4.69) is 12.2 Å². The highest BCUT2D eigenvalue weighted by atomic mass is 16.6. The highest BCUT2D eigenvalue weighted by molar-refractivity contribution is 5.95. The lowest BCUT2D eigenvalue weighted by molar-refractivity contribution is -0.147. The molecule has 0 aromatic heterocycles. The Bertz CT molecular complexity index is 846. The maximum absolute atomic E-state index is 13.0. The topological polar surface area (TPSA) is 112 Å². The second-order valence-electron chi connectivity index (χ2n) is 10.6. The number of hydrogen-bond acceptors (Lipinski definition) is 8. The molecule has 36 heavy (non-hydrogen) atoms. The largest absolute Gasteiger partial charge is 0.444 e. The number of amides is 3. The molecule has 11 nitrogen and oxygen atoms in total. The van der Waals surface area contributed by atoms with Gasteiger partial charge in [0.05, 0.1) is 19.8 Å². The van der Waals surface area contributed by atoms with Crippen LogP contribution >= 0.6 is 0 Å². The van der Waals surface area contributed by atoms with E-state index in [1.807, 2.05) is 30.6 Å². The van der Waals surface area contributed by atoms with Crippen LogP contribution in [0.1, 0.15) is 72.6 Å². The SMILES string of the molecule is CCCCCC(=O)NCCC(=O)OCN1C=C2C(=O)N(C3CCN(C(=O)OC(C)(C)C)CC3)CN2C1. The molecule has 11 heteroatoms. The van der Waals surface area contributed by atoms with Crippen LogP contribution < -0.4 is 5.32 Å². The third-order valence-corrected chi connectivity index (χ3v) is 6.41. The summed E-state index contributed by atoms with van der Waals surface area (Å²) in [6.07, 6.45) is 6.38. The Kier molecular flexibility index (Phi) is 9.44. The van der Waals surface area contributed by atoms with Gasteiger partial charge in [0, 0.05) is 38.3 Å². The first-order chi connectivity index (χ1) is 17.1. The number of ether oxygens (including phenoxy) is 2. The molecule has 0 aliphatic carbocycles. The van der Waals surface area contributed by atoms with E-state index >= 15 is 0 Å². The summed E-state index contributed by atoms with van der Waals surface area (Å²) in [4.78, 5) is 56.3. The fraction of sp³-hybridized carbons (Fsp3) is 0.760. The number of rotatable bonds is 10. The van der Waals surface area contributed by atoms with Gasteiger partial charge in [-0.15, -0.1) is 0 Å². The molecule has 0 bridgehead atoms. The third kappa shape index (κ3) is 7.76. The molecular formula is C25H41N5O6. The van der Waals surface area contributed by atoms with Gasteiger partial charge in [-0.2, -0.15) is 0 Å². The zero-order valence-corrected chi connectivity index (χ0v) is 22.1. The monoisotopic (exact) mass is 507 g/mol. The van der Waals surface area contributed by atoms with Crippen molar-refractivity contribution in [3.05, 3.63) is 11.9 Å². The summed E-state index contributed by atoms with van der Waals surface area (Å²) in [6.45, 7) is 10.0. The second-order valence-corrected chi connectivity index (χ2v) is 10.6. The Morgan fingerprint density at radius 3 is 2.44 bits per heavy atom. The molecule has 3 heterocycles.